The third kappa shape index (κ3) is 7.49. The number of carbonyl (C=O) groups is 2. The van der Waals surface area contributed by atoms with Crippen LogP contribution >= 0.6 is 47.4 Å². The number of amides is 2. The van der Waals surface area contributed by atoms with E-state index in [9.17, 15) is 9.59 Å². The monoisotopic (exact) mass is 413 g/mol. The molecule has 136 valence electrons. The van der Waals surface area contributed by atoms with E-state index in [2.05, 4.69) is 10.6 Å². The Morgan fingerprint density at radius 3 is 2.50 bits per heavy atom. The van der Waals surface area contributed by atoms with Crippen LogP contribution in [0.1, 0.15) is 23.7 Å². The fourth-order valence-electron chi connectivity index (χ4n) is 1.82. The van der Waals surface area contributed by atoms with Crippen molar-refractivity contribution >= 4 is 59.2 Å². The van der Waals surface area contributed by atoms with Crippen molar-refractivity contribution in [3.8, 4) is 0 Å². The van der Waals surface area contributed by atoms with Gasteiger partial charge in [0.05, 0.1) is 10.6 Å². The maximum Gasteiger partial charge on any atom is 0.253 e. The Hall–Kier alpha value is -0.660. The molecule has 1 rings (SSSR count). The van der Waals surface area contributed by atoms with Gasteiger partial charge in [-0.05, 0) is 43.6 Å². The molecular formula is C15H22Cl3N3O2S. The minimum atomic E-state index is -0.643. The van der Waals surface area contributed by atoms with E-state index < -0.39 is 11.9 Å². The summed E-state index contributed by atoms with van der Waals surface area (Å²) in [5, 5.41) is 6.19. The van der Waals surface area contributed by atoms with Crippen LogP contribution in [0.25, 0.3) is 0 Å². The smallest absolute Gasteiger partial charge is 0.253 e. The second kappa shape index (κ2) is 11.8. The lowest BCUT2D eigenvalue weighted by molar-refractivity contribution is -0.123. The molecule has 0 saturated carbocycles. The van der Waals surface area contributed by atoms with E-state index >= 15 is 0 Å². The molecule has 1 unspecified atom stereocenters. The molecule has 0 aliphatic carbocycles. The van der Waals surface area contributed by atoms with Crippen molar-refractivity contribution in [3.05, 3.63) is 33.8 Å². The fourth-order valence-corrected chi connectivity index (χ4v) is 2.78. The van der Waals surface area contributed by atoms with E-state index in [1.165, 1.54) is 12.1 Å². The summed E-state index contributed by atoms with van der Waals surface area (Å²) in [5.74, 6) is 0.0766. The standard InChI is InChI=1S/C15H21Cl2N3O2S.ClH/c1-9(8-18)19-15(22)13(5-6-23-2)20-14(21)11-4-3-10(16)7-12(11)17;/h3-4,7,9,13H,5-6,8,18H2,1-2H3,(H,19,22)(H,20,21);1H/t9-,13?;/m0./s1. The van der Waals surface area contributed by atoms with Gasteiger partial charge in [-0.25, -0.2) is 0 Å². The number of benzene rings is 1. The molecule has 4 N–H and O–H groups in total. The summed E-state index contributed by atoms with van der Waals surface area (Å²) >= 11 is 13.5. The number of hydrogen-bond acceptors (Lipinski definition) is 4. The molecule has 5 nitrogen and oxygen atoms in total. The van der Waals surface area contributed by atoms with Crippen molar-refractivity contribution in [1.82, 2.24) is 10.6 Å². The van der Waals surface area contributed by atoms with Gasteiger partial charge >= 0.3 is 0 Å². The first-order valence-corrected chi connectivity index (χ1v) is 9.29. The van der Waals surface area contributed by atoms with Crippen molar-refractivity contribution in [2.75, 3.05) is 18.6 Å². The highest BCUT2D eigenvalue weighted by Gasteiger charge is 2.23. The van der Waals surface area contributed by atoms with Crippen molar-refractivity contribution < 1.29 is 9.59 Å². The van der Waals surface area contributed by atoms with Gasteiger partial charge in [0.1, 0.15) is 6.04 Å². The van der Waals surface area contributed by atoms with Crippen molar-refractivity contribution in [2.45, 2.75) is 25.4 Å². The normalized spacial score (nSPS) is 12.7. The molecule has 1 aromatic carbocycles. The maximum atomic E-state index is 12.4. The van der Waals surface area contributed by atoms with Crippen LogP contribution in [0.2, 0.25) is 10.0 Å². The Morgan fingerprint density at radius 1 is 1.29 bits per heavy atom. The predicted molar refractivity (Wildman–Crippen MR) is 105 cm³/mol. The van der Waals surface area contributed by atoms with Crippen LogP contribution in [0, 0.1) is 0 Å². The summed E-state index contributed by atoms with van der Waals surface area (Å²) in [7, 11) is 0. The molecule has 0 spiro atoms. The molecule has 0 bridgehead atoms. The van der Waals surface area contributed by atoms with Crippen LogP contribution in [-0.4, -0.2) is 42.5 Å². The minimum Gasteiger partial charge on any atom is -0.351 e. The summed E-state index contributed by atoms with van der Waals surface area (Å²) < 4.78 is 0. The molecule has 0 aliphatic heterocycles. The molecule has 1 aromatic rings. The van der Waals surface area contributed by atoms with E-state index in [0.717, 1.165) is 5.75 Å². The van der Waals surface area contributed by atoms with E-state index in [0.29, 0.717) is 18.0 Å². The van der Waals surface area contributed by atoms with Crippen LogP contribution < -0.4 is 16.4 Å². The average molecular weight is 415 g/mol. The van der Waals surface area contributed by atoms with Crippen molar-refractivity contribution in [2.24, 2.45) is 5.73 Å². The predicted octanol–water partition coefficient (Wildman–Crippen LogP) is 2.73. The van der Waals surface area contributed by atoms with Crippen LogP contribution in [0.5, 0.6) is 0 Å². The van der Waals surface area contributed by atoms with Crippen molar-refractivity contribution in [3.63, 3.8) is 0 Å². The molecule has 9 heteroatoms. The number of rotatable bonds is 8. The van der Waals surface area contributed by atoms with E-state index in [1.807, 2.05) is 6.26 Å². The molecule has 24 heavy (non-hydrogen) atoms. The Kier molecular flexibility index (Phi) is 11.5. The minimum absolute atomic E-state index is 0. The topological polar surface area (TPSA) is 84.2 Å². The molecule has 0 aromatic heterocycles. The summed E-state index contributed by atoms with van der Waals surface area (Å²) in [5.41, 5.74) is 5.79. The second-order valence-electron chi connectivity index (χ2n) is 5.08. The number of nitrogens with two attached hydrogens (primary N) is 1. The molecular weight excluding hydrogens is 393 g/mol. The second-order valence-corrected chi connectivity index (χ2v) is 6.91. The van der Waals surface area contributed by atoms with Crippen LogP contribution in [0.15, 0.2) is 18.2 Å². The van der Waals surface area contributed by atoms with Crippen molar-refractivity contribution in [1.29, 1.82) is 0 Å². The summed E-state index contributed by atoms with van der Waals surface area (Å²) in [6, 6.07) is 3.80. The van der Waals surface area contributed by atoms with Crippen LogP contribution in [0.4, 0.5) is 0 Å². The quantitative estimate of drug-likeness (QED) is 0.610. The zero-order valence-corrected chi connectivity index (χ0v) is 16.6. The van der Waals surface area contributed by atoms with Crippen LogP contribution in [-0.2, 0) is 4.79 Å². The molecule has 2 atom stereocenters. The highest BCUT2D eigenvalue weighted by atomic mass is 35.5. The average Bonchev–Trinajstić information content (AvgIpc) is 2.50. The van der Waals surface area contributed by atoms with Gasteiger partial charge in [0.15, 0.2) is 0 Å². The first kappa shape index (κ1) is 23.3. The lowest BCUT2D eigenvalue weighted by Crippen LogP contribution is -2.50. The van der Waals surface area contributed by atoms with Gasteiger partial charge < -0.3 is 16.4 Å². The van der Waals surface area contributed by atoms with Gasteiger partial charge in [0.2, 0.25) is 5.91 Å². The summed E-state index contributed by atoms with van der Waals surface area (Å²) in [4.78, 5) is 24.6. The van der Waals surface area contributed by atoms with Gasteiger partial charge in [0.25, 0.3) is 5.91 Å². The first-order valence-electron chi connectivity index (χ1n) is 7.14. The Morgan fingerprint density at radius 2 is 1.96 bits per heavy atom. The molecule has 0 aliphatic rings. The lowest BCUT2D eigenvalue weighted by Gasteiger charge is -2.21. The molecule has 2 amide bonds. The van der Waals surface area contributed by atoms with Gasteiger partial charge in [0, 0.05) is 17.6 Å². The number of carbonyl (C=O) groups excluding carboxylic acids is 2. The summed E-state index contributed by atoms with van der Waals surface area (Å²) in [6.07, 6.45) is 2.45. The largest absolute Gasteiger partial charge is 0.351 e. The number of halogens is 3. The first-order chi connectivity index (χ1) is 10.9. The van der Waals surface area contributed by atoms with Gasteiger partial charge in [-0.3, -0.25) is 9.59 Å². The molecule has 0 heterocycles. The SMILES string of the molecule is CSCCC(NC(=O)c1ccc(Cl)cc1Cl)C(=O)N[C@@H](C)CN.Cl. The molecule has 0 saturated heterocycles. The fraction of sp³-hybridized carbons (Fsp3) is 0.467. The zero-order chi connectivity index (χ0) is 17.4. The number of nitrogens with one attached hydrogen (secondary N) is 2. The molecule has 0 fully saturated rings. The lowest BCUT2D eigenvalue weighted by atomic mass is 10.1. The third-order valence-corrected chi connectivity index (χ3v) is 4.34. The van der Waals surface area contributed by atoms with Gasteiger partial charge in [-0.2, -0.15) is 11.8 Å². The Balaban J connectivity index is 0.00000529. The van der Waals surface area contributed by atoms with Gasteiger partial charge in [-0.15, -0.1) is 12.4 Å². The number of hydrogen-bond donors (Lipinski definition) is 3. The van der Waals surface area contributed by atoms with Crippen LogP contribution in [0.3, 0.4) is 0 Å². The third-order valence-electron chi connectivity index (χ3n) is 3.15. The van der Waals surface area contributed by atoms with E-state index in [1.54, 1.807) is 24.8 Å². The number of thioether (sulfide) groups is 1. The maximum absolute atomic E-state index is 12.4. The van der Waals surface area contributed by atoms with Gasteiger partial charge in [-0.1, -0.05) is 23.2 Å². The highest BCUT2D eigenvalue weighted by molar-refractivity contribution is 7.98. The van der Waals surface area contributed by atoms with E-state index in [4.69, 9.17) is 28.9 Å². The Labute approximate surface area is 162 Å². The zero-order valence-electron chi connectivity index (χ0n) is 13.5. The highest BCUT2D eigenvalue weighted by Crippen LogP contribution is 2.21. The molecule has 0 radical (unpaired) electrons. The van der Waals surface area contributed by atoms with E-state index in [-0.39, 0.29) is 34.9 Å². The Bertz CT molecular complexity index is 561. The summed E-state index contributed by atoms with van der Waals surface area (Å²) in [6.45, 7) is 2.14.